The number of hydrogen-bond donors (Lipinski definition) is 2. The van der Waals surface area contributed by atoms with E-state index in [1.165, 1.54) is 18.7 Å². The first-order chi connectivity index (χ1) is 9.61. The van der Waals surface area contributed by atoms with Crippen molar-refractivity contribution in [3.8, 4) is 5.75 Å². The number of aliphatic carboxylic acids is 1. The zero-order valence-corrected chi connectivity index (χ0v) is 12.6. The normalized spacial score (nSPS) is 17.2. The van der Waals surface area contributed by atoms with Crippen molar-refractivity contribution in [3.05, 3.63) is 23.8 Å². The molecule has 0 aromatic heterocycles. The fraction of sp³-hybridized carbons (Fsp3) is 0.467. The van der Waals surface area contributed by atoms with Gasteiger partial charge in [-0.1, -0.05) is 6.07 Å². The predicted molar refractivity (Wildman–Crippen MR) is 78.2 cm³/mol. The van der Waals surface area contributed by atoms with Crippen LogP contribution in [0.15, 0.2) is 18.2 Å². The summed E-state index contributed by atoms with van der Waals surface area (Å²) in [4.78, 5) is 25.5. The average Bonchev–Trinajstić information content (AvgIpc) is 2.38. The lowest BCUT2D eigenvalue weighted by Gasteiger charge is -2.44. The molecule has 0 unspecified atom stereocenters. The topological polar surface area (TPSA) is 92.9 Å². The van der Waals surface area contributed by atoms with Crippen LogP contribution in [-0.4, -0.2) is 28.1 Å². The highest BCUT2D eigenvalue weighted by Crippen LogP contribution is 2.41. The van der Waals surface area contributed by atoms with Crippen molar-refractivity contribution in [2.75, 3.05) is 4.90 Å². The Morgan fingerprint density at radius 2 is 2.05 bits per heavy atom. The molecule has 0 spiro atoms. The first kappa shape index (κ1) is 15.3. The Kier molecular flexibility index (Phi) is 3.45. The molecule has 3 N–H and O–H groups in total. The molecule has 114 valence electrons. The van der Waals surface area contributed by atoms with Gasteiger partial charge in [0.2, 0.25) is 0 Å². The van der Waals surface area contributed by atoms with Crippen molar-refractivity contribution in [1.82, 2.24) is 0 Å². The molecule has 0 aliphatic carbocycles. The number of nitrogens with zero attached hydrogens (tertiary/aromatic N) is 1. The van der Waals surface area contributed by atoms with Gasteiger partial charge in [-0.2, -0.15) is 0 Å². The molecular weight excluding hydrogens is 272 g/mol. The first-order valence-corrected chi connectivity index (χ1v) is 6.71. The molecule has 0 bridgehead atoms. The summed E-state index contributed by atoms with van der Waals surface area (Å²) >= 11 is 0. The van der Waals surface area contributed by atoms with E-state index < -0.39 is 17.1 Å². The molecule has 1 aromatic carbocycles. The summed E-state index contributed by atoms with van der Waals surface area (Å²) in [7, 11) is 0. The number of carboxylic acid groups (broad SMARTS) is 1. The third kappa shape index (κ3) is 2.35. The summed E-state index contributed by atoms with van der Waals surface area (Å²) in [5.41, 5.74) is 4.41. The number of benzene rings is 1. The maximum atomic E-state index is 12.6. The molecule has 21 heavy (non-hydrogen) atoms. The molecule has 0 fully saturated rings. The molecule has 6 heteroatoms. The van der Waals surface area contributed by atoms with E-state index in [1.54, 1.807) is 32.0 Å². The quantitative estimate of drug-likeness (QED) is 0.881. The Balaban J connectivity index is 2.65. The van der Waals surface area contributed by atoms with E-state index in [2.05, 4.69) is 0 Å². The van der Waals surface area contributed by atoms with Crippen molar-refractivity contribution in [2.45, 2.75) is 45.4 Å². The molecule has 1 aliphatic rings. The average molecular weight is 292 g/mol. The van der Waals surface area contributed by atoms with Crippen LogP contribution in [0.2, 0.25) is 0 Å². The molecule has 1 aliphatic heterocycles. The van der Waals surface area contributed by atoms with E-state index in [0.717, 1.165) is 5.56 Å². The molecule has 1 aromatic rings. The Morgan fingerprint density at radius 1 is 1.43 bits per heavy atom. The number of carboxylic acids is 1. The fourth-order valence-electron chi connectivity index (χ4n) is 2.30. The molecular formula is C15H20N2O4. The summed E-state index contributed by atoms with van der Waals surface area (Å²) in [6, 6.07) is 5.18. The second-order valence-electron chi connectivity index (χ2n) is 6.12. The highest BCUT2D eigenvalue weighted by molar-refractivity contribution is 6.07. The maximum Gasteiger partial charge on any atom is 0.329 e. The van der Waals surface area contributed by atoms with Gasteiger partial charge in [0.05, 0.1) is 5.69 Å². The number of carbonyl (C=O) groups is 2. The first-order valence-electron chi connectivity index (χ1n) is 6.71. The third-order valence-electron chi connectivity index (χ3n) is 3.67. The van der Waals surface area contributed by atoms with Gasteiger partial charge >= 0.3 is 5.97 Å². The standard InChI is InChI=1S/C15H20N2O4/c1-14(2,13(19)20)17-10-6-5-9(8-16)7-11(10)21-15(3,4)12(17)18/h5-7H,8,16H2,1-4H3,(H,19,20). The van der Waals surface area contributed by atoms with Crippen molar-refractivity contribution in [2.24, 2.45) is 5.73 Å². The van der Waals surface area contributed by atoms with Gasteiger partial charge in [-0.3, -0.25) is 9.69 Å². The van der Waals surface area contributed by atoms with Crippen molar-refractivity contribution >= 4 is 17.6 Å². The summed E-state index contributed by atoms with van der Waals surface area (Å²) in [5, 5.41) is 9.45. The van der Waals surface area contributed by atoms with Gasteiger partial charge in [0, 0.05) is 6.54 Å². The van der Waals surface area contributed by atoms with Gasteiger partial charge < -0.3 is 15.6 Å². The van der Waals surface area contributed by atoms with E-state index in [0.29, 0.717) is 18.0 Å². The minimum Gasteiger partial charge on any atom is -0.480 e. The van der Waals surface area contributed by atoms with Crippen LogP contribution in [0.4, 0.5) is 5.69 Å². The van der Waals surface area contributed by atoms with Gasteiger partial charge in [-0.05, 0) is 45.4 Å². The zero-order valence-electron chi connectivity index (χ0n) is 12.6. The Bertz CT molecular complexity index is 608. The SMILES string of the molecule is CC1(C)Oc2cc(CN)ccc2N(C(C)(C)C(=O)O)C1=O. The van der Waals surface area contributed by atoms with Gasteiger partial charge in [0.25, 0.3) is 5.91 Å². The van der Waals surface area contributed by atoms with E-state index in [4.69, 9.17) is 10.5 Å². The Morgan fingerprint density at radius 3 is 2.57 bits per heavy atom. The molecule has 1 heterocycles. The van der Waals surface area contributed by atoms with Crippen LogP contribution in [0.5, 0.6) is 5.75 Å². The molecule has 0 saturated heterocycles. The van der Waals surface area contributed by atoms with Crippen molar-refractivity contribution < 1.29 is 19.4 Å². The van der Waals surface area contributed by atoms with Crippen molar-refractivity contribution in [3.63, 3.8) is 0 Å². The number of hydrogen-bond acceptors (Lipinski definition) is 4. The second kappa shape index (κ2) is 4.73. The van der Waals surface area contributed by atoms with E-state index >= 15 is 0 Å². The van der Waals surface area contributed by atoms with E-state index in [-0.39, 0.29) is 5.91 Å². The van der Waals surface area contributed by atoms with Crippen LogP contribution in [0.1, 0.15) is 33.3 Å². The Hall–Kier alpha value is -2.08. The number of carbonyl (C=O) groups excluding carboxylic acids is 1. The lowest BCUT2D eigenvalue weighted by molar-refractivity contribution is -0.146. The van der Waals surface area contributed by atoms with Crippen LogP contribution in [0.25, 0.3) is 0 Å². The second-order valence-corrected chi connectivity index (χ2v) is 6.12. The monoisotopic (exact) mass is 292 g/mol. The smallest absolute Gasteiger partial charge is 0.329 e. The largest absolute Gasteiger partial charge is 0.480 e. The van der Waals surface area contributed by atoms with Crippen molar-refractivity contribution in [1.29, 1.82) is 0 Å². The lowest BCUT2D eigenvalue weighted by atomic mass is 9.94. The highest BCUT2D eigenvalue weighted by Gasteiger charge is 2.49. The van der Waals surface area contributed by atoms with Gasteiger partial charge in [-0.15, -0.1) is 0 Å². The van der Waals surface area contributed by atoms with Gasteiger partial charge in [0.15, 0.2) is 5.60 Å². The van der Waals surface area contributed by atoms with Crippen LogP contribution < -0.4 is 15.4 Å². The number of anilines is 1. The summed E-state index contributed by atoms with van der Waals surface area (Å²) in [5.74, 6) is -0.998. The van der Waals surface area contributed by atoms with Crippen LogP contribution in [0.3, 0.4) is 0 Å². The number of fused-ring (bicyclic) bond motifs is 1. The highest BCUT2D eigenvalue weighted by atomic mass is 16.5. The van der Waals surface area contributed by atoms with Crippen LogP contribution >= 0.6 is 0 Å². The molecule has 2 rings (SSSR count). The summed E-state index contributed by atoms with van der Waals surface area (Å²) in [6.07, 6.45) is 0. The van der Waals surface area contributed by atoms with E-state index in [9.17, 15) is 14.7 Å². The van der Waals surface area contributed by atoms with Gasteiger partial charge in [-0.25, -0.2) is 4.79 Å². The number of ether oxygens (including phenoxy) is 1. The Labute approximate surface area is 123 Å². The van der Waals surface area contributed by atoms with E-state index in [1.807, 2.05) is 0 Å². The number of amides is 1. The molecule has 6 nitrogen and oxygen atoms in total. The fourth-order valence-corrected chi connectivity index (χ4v) is 2.30. The van der Waals surface area contributed by atoms with Gasteiger partial charge in [0.1, 0.15) is 11.3 Å². The minimum atomic E-state index is -1.38. The molecule has 0 saturated carbocycles. The maximum absolute atomic E-state index is 12.6. The zero-order chi connectivity index (χ0) is 16.0. The van der Waals surface area contributed by atoms with Crippen LogP contribution in [-0.2, 0) is 16.1 Å². The molecule has 0 radical (unpaired) electrons. The summed E-state index contributed by atoms with van der Waals surface area (Å²) in [6.45, 7) is 6.58. The number of rotatable bonds is 3. The number of nitrogens with two attached hydrogens (primary N) is 1. The molecule has 0 atom stereocenters. The lowest BCUT2D eigenvalue weighted by Crippen LogP contribution is -2.62. The summed E-state index contributed by atoms with van der Waals surface area (Å²) < 4.78 is 5.74. The minimum absolute atomic E-state index is 0.341. The third-order valence-corrected chi connectivity index (χ3v) is 3.67. The van der Waals surface area contributed by atoms with Crippen LogP contribution in [0, 0.1) is 0 Å². The molecule has 1 amide bonds. The predicted octanol–water partition coefficient (Wildman–Crippen LogP) is 1.51.